The van der Waals surface area contributed by atoms with Gasteiger partial charge in [-0.2, -0.15) is 0 Å². The Balaban J connectivity index is 1.42. The van der Waals surface area contributed by atoms with E-state index in [2.05, 4.69) is 5.16 Å². The van der Waals surface area contributed by atoms with Crippen molar-refractivity contribution in [3.05, 3.63) is 51.9 Å². The Labute approximate surface area is 174 Å². The van der Waals surface area contributed by atoms with Gasteiger partial charge in [0.15, 0.2) is 0 Å². The fourth-order valence-electron chi connectivity index (χ4n) is 4.16. The first-order valence-electron chi connectivity index (χ1n) is 9.79. The molecule has 0 aliphatic carbocycles. The molecular weight excluding hydrogens is 394 g/mol. The van der Waals surface area contributed by atoms with E-state index in [1.807, 2.05) is 9.80 Å². The molecule has 2 saturated heterocycles. The summed E-state index contributed by atoms with van der Waals surface area (Å²) in [5.74, 6) is 0.473. The summed E-state index contributed by atoms with van der Waals surface area (Å²) >= 11 is 5.93. The smallest absolute Gasteiger partial charge is 0.259 e. The van der Waals surface area contributed by atoms with Crippen LogP contribution in [0.2, 0.25) is 5.02 Å². The van der Waals surface area contributed by atoms with Gasteiger partial charge in [-0.1, -0.05) is 16.8 Å². The molecule has 0 bridgehead atoms. The van der Waals surface area contributed by atoms with Crippen molar-refractivity contribution in [1.29, 1.82) is 0 Å². The standard InChI is InChI=1S/C21H24ClN3O4/c1-14-18(15(2)29-23-14)20(27)24-9-7-21(8-10-24)13-25(11-12-28-21)19(26)16-3-5-17(22)6-4-16/h3-6H,7-13H2,1-2H3. The number of nitrogens with zero attached hydrogens (tertiary/aromatic N) is 3. The van der Waals surface area contributed by atoms with Crippen LogP contribution < -0.4 is 0 Å². The van der Waals surface area contributed by atoms with E-state index in [0.29, 0.717) is 73.2 Å². The molecule has 7 nitrogen and oxygen atoms in total. The number of hydrogen-bond donors (Lipinski definition) is 0. The number of morpholine rings is 1. The number of piperidine rings is 1. The van der Waals surface area contributed by atoms with Crippen LogP contribution in [0.4, 0.5) is 0 Å². The highest BCUT2D eigenvalue weighted by molar-refractivity contribution is 6.30. The molecule has 0 saturated carbocycles. The average molecular weight is 418 g/mol. The van der Waals surface area contributed by atoms with Gasteiger partial charge >= 0.3 is 0 Å². The van der Waals surface area contributed by atoms with E-state index in [1.54, 1.807) is 38.1 Å². The Kier molecular flexibility index (Phi) is 5.36. The van der Waals surface area contributed by atoms with Crippen LogP contribution >= 0.6 is 11.6 Å². The van der Waals surface area contributed by atoms with Crippen molar-refractivity contribution in [2.75, 3.05) is 32.8 Å². The van der Waals surface area contributed by atoms with Crippen LogP contribution in [-0.4, -0.2) is 65.2 Å². The molecule has 0 radical (unpaired) electrons. The highest BCUT2D eigenvalue weighted by Crippen LogP contribution is 2.32. The molecule has 2 aliphatic rings. The molecule has 1 aromatic carbocycles. The van der Waals surface area contributed by atoms with Gasteiger partial charge in [-0.25, -0.2) is 0 Å². The van der Waals surface area contributed by atoms with E-state index in [-0.39, 0.29) is 11.8 Å². The largest absolute Gasteiger partial charge is 0.371 e. The Hall–Kier alpha value is -2.38. The van der Waals surface area contributed by atoms with Crippen LogP contribution in [0, 0.1) is 13.8 Å². The SMILES string of the molecule is Cc1noc(C)c1C(=O)N1CCC2(CC1)CN(C(=O)c1ccc(Cl)cc1)CCO2. The molecule has 2 aromatic rings. The number of carbonyl (C=O) groups excluding carboxylic acids is 2. The second-order valence-electron chi connectivity index (χ2n) is 7.76. The number of benzene rings is 1. The molecule has 0 atom stereocenters. The molecule has 3 heterocycles. The highest BCUT2D eigenvalue weighted by Gasteiger charge is 2.42. The summed E-state index contributed by atoms with van der Waals surface area (Å²) in [6, 6.07) is 6.95. The molecule has 2 aliphatic heterocycles. The van der Waals surface area contributed by atoms with Crippen LogP contribution in [0.5, 0.6) is 0 Å². The summed E-state index contributed by atoms with van der Waals surface area (Å²) in [6.45, 7) is 6.27. The third-order valence-electron chi connectivity index (χ3n) is 5.84. The van der Waals surface area contributed by atoms with Gasteiger partial charge in [0, 0.05) is 30.2 Å². The van der Waals surface area contributed by atoms with E-state index in [0.717, 1.165) is 0 Å². The molecule has 154 valence electrons. The number of aryl methyl sites for hydroxylation is 2. The van der Waals surface area contributed by atoms with Crippen LogP contribution in [0.15, 0.2) is 28.8 Å². The number of amides is 2. The van der Waals surface area contributed by atoms with E-state index < -0.39 is 5.60 Å². The summed E-state index contributed by atoms with van der Waals surface area (Å²) < 4.78 is 11.3. The third kappa shape index (κ3) is 3.89. The summed E-state index contributed by atoms with van der Waals surface area (Å²) in [4.78, 5) is 29.4. The van der Waals surface area contributed by atoms with E-state index >= 15 is 0 Å². The quantitative estimate of drug-likeness (QED) is 0.750. The molecular formula is C21H24ClN3O4. The molecule has 29 heavy (non-hydrogen) atoms. The topological polar surface area (TPSA) is 75.9 Å². The summed E-state index contributed by atoms with van der Waals surface area (Å²) in [6.07, 6.45) is 1.37. The highest BCUT2D eigenvalue weighted by atomic mass is 35.5. The first-order valence-corrected chi connectivity index (χ1v) is 10.2. The van der Waals surface area contributed by atoms with Crippen LogP contribution in [-0.2, 0) is 4.74 Å². The normalized spacial score (nSPS) is 18.9. The number of carbonyl (C=O) groups is 2. The first kappa shape index (κ1) is 19.9. The van der Waals surface area contributed by atoms with Crippen molar-refractivity contribution in [2.24, 2.45) is 0 Å². The maximum Gasteiger partial charge on any atom is 0.259 e. The zero-order valence-electron chi connectivity index (χ0n) is 16.6. The fraction of sp³-hybridized carbons (Fsp3) is 0.476. The molecule has 4 rings (SSSR count). The van der Waals surface area contributed by atoms with E-state index in [9.17, 15) is 9.59 Å². The number of ether oxygens (including phenoxy) is 1. The van der Waals surface area contributed by atoms with Crippen molar-refractivity contribution in [3.8, 4) is 0 Å². The lowest BCUT2D eigenvalue weighted by atomic mass is 9.88. The van der Waals surface area contributed by atoms with Crippen molar-refractivity contribution in [2.45, 2.75) is 32.3 Å². The fourth-order valence-corrected chi connectivity index (χ4v) is 4.29. The van der Waals surface area contributed by atoms with Crippen LogP contribution in [0.25, 0.3) is 0 Å². The maximum absolute atomic E-state index is 12.9. The van der Waals surface area contributed by atoms with Gasteiger partial charge in [0.1, 0.15) is 11.3 Å². The van der Waals surface area contributed by atoms with Gasteiger partial charge in [0.05, 0.1) is 24.4 Å². The minimum absolute atomic E-state index is 0.0152. The van der Waals surface area contributed by atoms with Crippen molar-refractivity contribution in [1.82, 2.24) is 15.0 Å². The lowest BCUT2D eigenvalue weighted by molar-refractivity contribution is -0.123. The van der Waals surface area contributed by atoms with Gasteiger partial charge in [0.25, 0.3) is 11.8 Å². The Bertz CT molecular complexity index is 897. The first-order chi connectivity index (χ1) is 13.9. The predicted molar refractivity (Wildman–Crippen MR) is 107 cm³/mol. The minimum atomic E-state index is -0.407. The maximum atomic E-state index is 12.9. The molecule has 2 amide bonds. The molecule has 1 aromatic heterocycles. The van der Waals surface area contributed by atoms with Crippen molar-refractivity contribution >= 4 is 23.4 Å². The third-order valence-corrected chi connectivity index (χ3v) is 6.09. The Morgan fingerprint density at radius 2 is 1.72 bits per heavy atom. The van der Waals surface area contributed by atoms with Gasteiger partial charge in [-0.15, -0.1) is 0 Å². The number of hydrogen-bond acceptors (Lipinski definition) is 5. The summed E-state index contributed by atoms with van der Waals surface area (Å²) in [5.41, 5.74) is 1.37. The minimum Gasteiger partial charge on any atom is -0.371 e. The zero-order chi connectivity index (χ0) is 20.6. The molecule has 0 unspecified atom stereocenters. The van der Waals surface area contributed by atoms with Crippen LogP contribution in [0.1, 0.15) is 45.0 Å². The van der Waals surface area contributed by atoms with Gasteiger partial charge in [-0.3, -0.25) is 9.59 Å². The van der Waals surface area contributed by atoms with Gasteiger partial charge in [-0.05, 0) is 51.0 Å². The lowest BCUT2D eigenvalue weighted by Gasteiger charge is -2.47. The second-order valence-corrected chi connectivity index (χ2v) is 8.19. The second kappa shape index (κ2) is 7.80. The monoisotopic (exact) mass is 417 g/mol. The number of aromatic nitrogens is 1. The number of rotatable bonds is 2. The van der Waals surface area contributed by atoms with Crippen molar-refractivity contribution < 1.29 is 18.8 Å². The molecule has 1 spiro atoms. The number of likely N-dealkylation sites (tertiary alicyclic amines) is 1. The van der Waals surface area contributed by atoms with Crippen molar-refractivity contribution in [3.63, 3.8) is 0 Å². The lowest BCUT2D eigenvalue weighted by Crippen LogP contribution is -2.58. The zero-order valence-corrected chi connectivity index (χ0v) is 17.4. The molecule has 2 fully saturated rings. The van der Waals surface area contributed by atoms with Gasteiger partial charge < -0.3 is 19.1 Å². The Morgan fingerprint density at radius 1 is 1.03 bits per heavy atom. The van der Waals surface area contributed by atoms with E-state index in [4.69, 9.17) is 20.9 Å². The number of halogens is 1. The molecule has 0 N–H and O–H groups in total. The average Bonchev–Trinajstić information content (AvgIpc) is 3.06. The molecule has 8 heteroatoms. The Morgan fingerprint density at radius 3 is 2.34 bits per heavy atom. The summed E-state index contributed by atoms with van der Waals surface area (Å²) in [7, 11) is 0. The van der Waals surface area contributed by atoms with E-state index in [1.165, 1.54) is 0 Å². The predicted octanol–water partition coefficient (Wildman–Crippen LogP) is 3.09. The summed E-state index contributed by atoms with van der Waals surface area (Å²) in [5, 5.41) is 4.49. The van der Waals surface area contributed by atoms with Crippen LogP contribution in [0.3, 0.4) is 0 Å². The van der Waals surface area contributed by atoms with Gasteiger partial charge in [0.2, 0.25) is 0 Å².